The fraction of sp³-hybridized carbons (Fsp3) is 0.417. The van der Waals surface area contributed by atoms with Crippen LogP contribution in [-0.4, -0.2) is 52.7 Å². The van der Waals surface area contributed by atoms with E-state index >= 15 is 0 Å². The number of aryl methyl sites for hydroxylation is 1. The summed E-state index contributed by atoms with van der Waals surface area (Å²) in [5.41, 5.74) is 2.00. The van der Waals surface area contributed by atoms with E-state index in [1.807, 2.05) is 66.5 Å². The van der Waals surface area contributed by atoms with Crippen molar-refractivity contribution < 1.29 is 9.84 Å². The predicted octanol–water partition coefficient (Wildman–Crippen LogP) is 3.77. The molecule has 5 rings (SSSR count). The molecule has 0 saturated heterocycles. The van der Waals surface area contributed by atoms with Gasteiger partial charge in [0, 0.05) is 24.8 Å². The highest BCUT2D eigenvalue weighted by atomic mass is 16.5. The number of fused-ring (bicyclic) bond motifs is 1. The zero-order valence-corrected chi connectivity index (χ0v) is 19.7. The molecule has 0 amide bonds. The maximum atomic E-state index is 10.3. The smallest absolute Gasteiger partial charge is 0.247 e. The Hall–Kier alpha value is -3.66. The highest BCUT2D eigenvalue weighted by Crippen LogP contribution is 2.33. The maximum absolute atomic E-state index is 10.3. The number of nitrogens with zero attached hydrogens (tertiary/aromatic N) is 6. The third kappa shape index (κ3) is 4.54. The summed E-state index contributed by atoms with van der Waals surface area (Å²) in [6.45, 7) is 4.38. The van der Waals surface area contributed by atoms with Crippen LogP contribution < -0.4 is 15.4 Å². The average Bonchev–Trinajstić information content (AvgIpc) is 3.45. The number of aromatic nitrogens is 6. The van der Waals surface area contributed by atoms with E-state index in [1.54, 1.807) is 6.33 Å². The van der Waals surface area contributed by atoms with Crippen LogP contribution >= 0.6 is 0 Å². The number of nitrogens with one attached hydrogen (secondary N) is 2. The van der Waals surface area contributed by atoms with Crippen molar-refractivity contribution in [2.75, 3.05) is 17.2 Å². The first kappa shape index (κ1) is 22.1. The Balaban J connectivity index is 1.43. The van der Waals surface area contributed by atoms with E-state index < -0.39 is 5.60 Å². The lowest BCUT2D eigenvalue weighted by Gasteiger charge is -2.33. The maximum Gasteiger partial charge on any atom is 0.247 e. The van der Waals surface area contributed by atoms with Gasteiger partial charge in [0.15, 0.2) is 11.6 Å². The van der Waals surface area contributed by atoms with Crippen LogP contribution in [0.4, 0.5) is 17.5 Å². The van der Waals surface area contributed by atoms with E-state index in [9.17, 15) is 5.11 Å². The van der Waals surface area contributed by atoms with Crippen LogP contribution in [-0.2, 0) is 7.05 Å². The van der Waals surface area contributed by atoms with Crippen LogP contribution in [0.2, 0.25) is 0 Å². The second kappa shape index (κ2) is 8.94. The molecule has 1 aromatic carbocycles. The van der Waals surface area contributed by atoms with Gasteiger partial charge in [0.2, 0.25) is 5.95 Å². The van der Waals surface area contributed by atoms with E-state index in [2.05, 4.69) is 25.9 Å². The Morgan fingerprint density at radius 1 is 1.24 bits per heavy atom. The Bertz CT molecular complexity index is 1290. The van der Waals surface area contributed by atoms with Crippen LogP contribution in [0.1, 0.15) is 39.5 Å². The van der Waals surface area contributed by atoms with Crippen LogP contribution in [0.5, 0.6) is 5.75 Å². The normalized spacial score (nSPS) is 20.4. The number of rotatable bonds is 7. The minimum absolute atomic E-state index is 0.256. The molecule has 0 spiro atoms. The van der Waals surface area contributed by atoms with Gasteiger partial charge >= 0.3 is 0 Å². The van der Waals surface area contributed by atoms with Crippen LogP contribution in [0.25, 0.3) is 16.9 Å². The summed E-state index contributed by atoms with van der Waals surface area (Å²) >= 11 is 0. The molecule has 1 aliphatic rings. The van der Waals surface area contributed by atoms with Crippen molar-refractivity contribution in [3.63, 3.8) is 0 Å². The third-order valence-electron chi connectivity index (χ3n) is 6.29. The second-order valence-electron chi connectivity index (χ2n) is 9.07. The highest BCUT2D eigenvalue weighted by molar-refractivity contribution is 5.73. The Kier molecular flexibility index (Phi) is 5.82. The number of benzene rings is 1. The largest absolute Gasteiger partial charge is 0.492 e. The Morgan fingerprint density at radius 3 is 2.79 bits per heavy atom. The van der Waals surface area contributed by atoms with Gasteiger partial charge in [-0.1, -0.05) is 0 Å². The lowest BCUT2D eigenvalue weighted by Crippen LogP contribution is -2.36. The van der Waals surface area contributed by atoms with Gasteiger partial charge < -0.3 is 25.0 Å². The first-order valence-electron chi connectivity index (χ1n) is 11.6. The van der Waals surface area contributed by atoms with E-state index in [4.69, 9.17) is 9.72 Å². The fourth-order valence-corrected chi connectivity index (χ4v) is 4.38. The van der Waals surface area contributed by atoms with Gasteiger partial charge in [-0.2, -0.15) is 4.98 Å². The molecule has 0 bridgehead atoms. The first-order valence-corrected chi connectivity index (χ1v) is 11.6. The SMILES string of the molecule is CCOc1cc(-c2nncn2C)ccc1Nc1nc(N[C@H]2CC[C@@](C)(O)CC2)c2cccn2n1. The number of hydrogen-bond donors (Lipinski definition) is 3. The molecule has 3 aromatic heterocycles. The molecule has 1 saturated carbocycles. The third-order valence-corrected chi connectivity index (χ3v) is 6.29. The minimum Gasteiger partial charge on any atom is -0.492 e. The van der Waals surface area contributed by atoms with Crippen molar-refractivity contribution in [2.45, 2.75) is 51.2 Å². The molecule has 178 valence electrons. The van der Waals surface area contributed by atoms with Gasteiger partial charge in [-0.25, -0.2) is 4.52 Å². The average molecular weight is 463 g/mol. The lowest BCUT2D eigenvalue weighted by atomic mass is 9.84. The molecular formula is C24H30N8O2. The molecule has 34 heavy (non-hydrogen) atoms. The van der Waals surface area contributed by atoms with Gasteiger partial charge in [0.1, 0.15) is 17.6 Å². The van der Waals surface area contributed by atoms with Crippen LogP contribution in [0, 0.1) is 0 Å². The molecule has 0 unspecified atom stereocenters. The topological polar surface area (TPSA) is 114 Å². The van der Waals surface area contributed by atoms with Gasteiger partial charge in [0.25, 0.3) is 0 Å². The molecule has 1 fully saturated rings. The zero-order valence-electron chi connectivity index (χ0n) is 19.7. The molecular weight excluding hydrogens is 432 g/mol. The highest BCUT2D eigenvalue weighted by Gasteiger charge is 2.29. The van der Waals surface area contributed by atoms with Crippen molar-refractivity contribution in [3.05, 3.63) is 42.9 Å². The number of anilines is 3. The van der Waals surface area contributed by atoms with Crippen molar-refractivity contribution in [3.8, 4) is 17.1 Å². The summed E-state index contributed by atoms with van der Waals surface area (Å²) in [4.78, 5) is 4.79. The monoisotopic (exact) mass is 462 g/mol. The van der Waals surface area contributed by atoms with Gasteiger partial charge in [0.05, 0.1) is 17.9 Å². The van der Waals surface area contributed by atoms with Crippen molar-refractivity contribution in [1.29, 1.82) is 0 Å². The number of hydrogen-bond acceptors (Lipinski definition) is 8. The fourth-order valence-electron chi connectivity index (χ4n) is 4.38. The van der Waals surface area contributed by atoms with Crippen LogP contribution in [0.15, 0.2) is 42.9 Å². The van der Waals surface area contributed by atoms with E-state index in [0.29, 0.717) is 18.3 Å². The molecule has 1 aliphatic carbocycles. The van der Waals surface area contributed by atoms with Gasteiger partial charge in [-0.05, 0) is 69.9 Å². The Morgan fingerprint density at radius 2 is 2.06 bits per heavy atom. The molecule has 0 radical (unpaired) electrons. The summed E-state index contributed by atoms with van der Waals surface area (Å²) in [7, 11) is 1.91. The molecule has 0 aliphatic heterocycles. The minimum atomic E-state index is -0.576. The summed E-state index contributed by atoms with van der Waals surface area (Å²) in [5, 5.41) is 30.0. The molecule has 10 nitrogen and oxygen atoms in total. The number of aliphatic hydroxyl groups is 1. The molecule has 3 heterocycles. The summed E-state index contributed by atoms with van der Waals surface area (Å²) in [6.07, 6.45) is 6.90. The molecule has 10 heteroatoms. The summed E-state index contributed by atoms with van der Waals surface area (Å²) in [5.74, 6) is 2.67. The van der Waals surface area contributed by atoms with E-state index in [1.165, 1.54) is 0 Å². The van der Waals surface area contributed by atoms with E-state index in [0.717, 1.165) is 54.1 Å². The van der Waals surface area contributed by atoms with E-state index in [-0.39, 0.29) is 6.04 Å². The zero-order chi connectivity index (χ0) is 23.7. The molecule has 3 N–H and O–H groups in total. The number of ether oxygens (including phenoxy) is 1. The summed E-state index contributed by atoms with van der Waals surface area (Å²) in [6, 6.07) is 10.0. The first-order chi connectivity index (χ1) is 16.4. The second-order valence-corrected chi connectivity index (χ2v) is 9.07. The van der Waals surface area contributed by atoms with Gasteiger partial charge in [-0.15, -0.1) is 15.3 Å². The quantitative estimate of drug-likeness (QED) is 0.380. The Labute approximate surface area is 198 Å². The molecule has 0 atom stereocenters. The predicted molar refractivity (Wildman–Crippen MR) is 130 cm³/mol. The standard InChI is InChI=1S/C24H30N8O2/c1-4-34-20-14-16(22-29-25-15-31(22)3)7-8-18(20)27-23-28-21(19-6-5-13-32(19)30-23)26-17-9-11-24(2,33)12-10-17/h5-8,13-15,17,33H,4,9-12H2,1-3H3,(H2,26,27,28,30)/t17-,24+. The van der Waals surface area contributed by atoms with Crippen LogP contribution in [0.3, 0.4) is 0 Å². The van der Waals surface area contributed by atoms with Gasteiger partial charge in [-0.3, -0.25) is 0 Å². The summed E-state index contributed by atoms with van der Waals surface area (Å²) < 4.78 is 9.59. The van der Waals surface area contributed by atoms with Crippen molar-refractivity contribution >= 4 is 23.0 Å². The van der Waals surface area contributed by atoms with Crippen molar-refractivity contribution in [2.24, 2.45) is 7.05 Å². The van der Waals surface area contributed by atoms with Crippen molar-refractivity contribution in [1.82, 2.24) is 29.4 Å². The molecule has 4 aromatic rings. The lowest BCUT2D eigenvalue weighted by molar-refractivity contribution is 0.0196.